The van der Waals surface area contributed by atoms with Crippen molar-refractivity contribution in [3.63, 3.8) is 0 Å². The lowest BCUT2D eigenvalue weighted by Gasteiger charge is -2.39. The Morgan fingerprint density at radius 3 is 2.42 bits per heavy atom. The molecule has 0 saturated carbocycles. The third-order valence-electron chi connectivity index (χ3n) is 5.64. The van der Waals surface area contributed by atoms with Crippen LogP contribution in [0, 0.1) is 4.91 Å². The summed E-state index contributed by atoms with van der Waals surface area (Å²) in [6.45, 7) is 0.0475. The van der Waals surface area contributed by atoms with Gasteiger partial charge >= 0.3 is 12.3 Å². The van der Waals surface area contributed by atoms with Crippen molar-refractivity contribution in [2.45, 2.75) is 36.6 Å². The minimum atomic E-state index is -4.75. The monoisotopic (exact) mass is 503 g/mol. The molecule has 0 radical (unpaired) electrons. The number of cyclic esters (lactones) is 1. The van der Waals surface area contributed by atoms with Crippen LogP contribution in [0.2, 0.25) is 5.02 Å². The number of ether oxygens (including phenoxy) is 1. The van der Waals surface area contributed by atoms with Gasteiger partial charge in [-0.15, -0.1) is 4.91 Å². The lowest BCUT2D eigenvalue weighted by molar-refractivity contribution is -0.137. The van der Waals surface area contributed by atoms with Gasteiger partial charge in [0.05, 0.1) is 11.3 Å². The number of hydrogen-bond donors (Lipinski definition) is 0. The number of nitroso groups, excluding NO2 is 1. The van der Waals surface area contributed by atoms with E-state index >= 15 is 0 Å². The van der Waals surface area contributed by atoms with Gasteiger partial charge in [0.15, 0.2) is 0 Å². The highest BCUT2D eigenvalue weighted by molar-refractivity contribution is 7.89. The van der Waals surface area contributed by atoms with Gasteiger partial charge in [-0.2, -0.15) is 17.5 Å². The van der Waals surface area contributed by atoms with Gasteiger partial charge in [-0.1, -0.05) is 11.6 Å². The summed E-state index contributed by atoms with van der Waals surface area (Å²) in [5.74, 6) is 0. The van der Waals surface area contributed by atoms with Crippen molar-refractivity contribution in [3.8, 4) is 0 Å². The maximum absolute atomic E-state index is 13.0. The number of carbonyl (C=O) groups is 1. The normalized spacial score (nSPS) is 18.1. The fourth-order valence-electron chi connectivity index (χ4n) is 4.02. The highest BCUT2D eigenvalue weighted by atomic mass is 35.5. The molecule has 4 rings (SSSR count). The zero-order valence-electron chi connectivity index (χ0n) is 16.9. The van der Waals surface area contributed by atoms with Crippen molar-refractivity contribution in [3.05, 3.63) is 57.5 Å². The van der Waals surface area contributed by atoms with E-state index in [-0.39, 0.29) is 38.6 Å². The Kier molecular flexibility index (Phi) is 6.10. The van der Waals surface area contributed by atoms with Crippen LogP contribution in [0.25, 0.3) is 0 Å². The first-order valence-electron chi connectivity index (χ1n) is 9.81. The van der Waals surface area contributed by atoms with Crippen LogP contribution in [-0.2, 0) is 27.5 Å². The molecule has 8 nitrogen and oxygen atoms in total. The van der Waals surface area contributed by atoms with Crippen LogP contribution in [0.3, 0.4) is 0 Å². The summed E-state index contributed by atoms with van der Waals surface area (Å²) in [6, 6.07) is 6.42. The summed E-state index contributed by atoms with van der Waals surface area (Å²) in [6.07, 6.45) is -4.80. The topological polar surface area (TPSA) is 96.4 Å². The van der Waals surface area contributed by atoms with E-state index in [0.29, 0.717) is 22.8 Å². The van der Waals surface area contributed by atoms with Crippen molar-refractivity contribution in [1.82, 2.24) is 4.31 Å². The average Bonchev–Trinajstić information content (AvgIpc) is 2.78. The van der Waals surface area contributed by atoms with E-state index in [1.807, 2.05) is 0 Å². The number of nitrogens with zero attached hydrogens (tertiary/aromatic N) is 3. The summed E-state index contributed by atoms with van der Waals surface area (Å²) >= 11 is 6.01. The molecule has 0 atom stereocenters. The van der Waals surface area contributed by atoms with E-state index in [1.54, 1.807) is 18.2 Å². The van der Waals surface area contributed by atoms with Gasteiger partial charge in [-0.3, -0.25) is 4.90 Å². The second-order valence-corrected chi connectivity index (χ2v) is 9.95. The standard InChI is InChI=1S/C20H17ClF3N3O5S/c21-14-2-3-17-12(9-14)11-32-19(28)27(17)15-5-7-26(8-6-15)33(30,31)18-4-1-13(20(22,23)24)10-16(18)25-29/h1-4,9-10,15H,5-8,11H2. The van der Waals surface area contributed by atoms with Crippen LogP contribution >= 0.6 is 11.6 Å². The molecule has 33 heavy (non-hydrogen) atoms. The minimum absolute atomic E-state index is 0.0149. The number of hydrogen-bond acceptors (Lipinski definition) is 6. The molecular weight excluding hydrogens is 487 g/mol. The third-order valence-corrected chi connectivity index (χ3v) is 7.82. The Labute approximate surface area is 191 Å². The predicted octanol–water partition coefficient (Wildman–Crippen LogP) is 5.07. The van der Waals surface area contributed by atoms with Gasteiger partial charge in [0, 0.05) is 29.7 Å². The number of alkyl halides is 3. The van der Waals surface area contributed by atoms with Crippen LogP contribution in [0.1, 0.15) is 24.0 Å². The fraction of sp³-hybridized carbons (Fsp3) is 0.350. The van der Waals surface area contributed by atoms with E-state index in [9.17, 15) is 31.3 Å². The summed E-state index contributed by atoms with van der Waals surface area (Å²) in [5.41, 5.74) is -0.620. The molecule has 2 heterocycles. The van der Waals surface area contributed by atoms with Crippen LogP contribution in [0.15, 0.2) is 46.5 Å². The van der Waals surface area contributed by atoms with Crippen molar-refractivity contribution >= 4 is 39.1 Å². The van der Waals surface area contributed by atoms with Crippen LogP contribution in [0.4, 0.5) is 29.3 Å². The number of fused-ring (bicyclic) bond motifs is 1. The van der Waals surface area contributed by atoms with Crippen LogP contribution in [-0.4, -0.2) is 37.9 Å². The molecule has 2 aliphatic rings. The third kappa shape index (κ3) is 4.42. The van der Waals surface area contributed by atoms with E-state index in [1.165, 1.54) is 4.90 Å². The quantitative estimate of drug-likeness (QED) is 0.543. The van der Waals surface area contributed by atoms with Crippen LogP contribution < -0.4 is 4.90 Å². The number of carbonyl (C=O) groups excluding carboxylic acids is 1. The van der Waals surface area contributed by atoms with Gasteiger partial charge in [-0.25, -0.2) is 13.2 Å². The molecular formula is C20H17ClF3N3O5S. The van der Waals surface area contributed by atoms with E-state index in [0.717, 1.165) is 15.9 Å². The van der Waals surface area contributed by atoms with Gasteiger partial charge < -0.3 is 4.74 Å². The van der Waals surface area contributed by atoms with Gasteiger partial charge in [0.25, 0.3) is 0 Å². The summed E-state index contributed by atoms with van der Waals surface area (Å²) in [7, 11) is -4.28. The van der Waals surface area contributed by atoms with E-state index < -0.39 is 38.4 Å². The highest BCUT2D eigenvalue weighted by Gasteiger charge is 2.39. The summed E-state index contributed by atoms with van der Waals surface area (Å²) < 4.78 is 71.1. The Bertz CT molecular complexity index is 1210. The van der Waals surface area contributed by atoms with Gasteiger partial charge in [0.2, 0.25) is 10.0 Å². The number of amides is 1. The second kappa shape index (κ2) is 8.58. The maximum atomic E-state index is 13.0. The molecule has 2 aliphatic heterocycles. The highest BCUT2D eigenvalue weighted by Crippen LogP contribution is 2.38. The first-order valence-corrected chi connectivity index (χ1v) is 11.6. The molecule has 176 valence electrons. The molecule has 1 saturated heterocycles. The Morgan fingerprint density at radius 2 is 1.79 bits per heavy atom. The van der Waals surface area contributed by atoms with Crippen molar-refractivity contribution < 1.29 is 31.1 Å². The number of rotatable bonds is 4. The molecule has 0 aromatic heterocycles. The summed E-state index contributed by atoms with van der Waals surface area (Å²) in [4.78, 5) is 24.4. The molecule has 13 heteroatoms. The lowest BCUT2D eigenvalue weighted by Crippen LogP contribution is -2.50. The first-order chi connectivity index (χ1) is 15.5. The number of halogens is 4. The summed E-state index contributed by atoms with van der Waals surface area (Å²) in [5, 5.41) is 2.99. The minimum Gasteiger partial charge on any atom is -0.444 e. The number of benzene rings is 2. The number of piperidine rings is 1. The van der Waals surface area contributed by atoms with Crippen molar-refractivity contribution in [2.75, 3.05) is 18.0 Å². The molecule has 2 aromatic rings. The largest absolute Gasteiger partial charge is 0.444 e. The number of anilines is 1. The number of sulfonamides is 1. The Morgan fingerprint density at radius 1 is 1.09 bits per heavy atom. The van der Waals surface area contributed by atoms with Gasteiger partial charge in [-0.05, 0) is 54.4 Å². The zero-order chi connectivity index (χ0) is 24.0. The zero-order valence-corrected chi connectivity index (χ0v) is 18.5. The molecule has 1 amide bonds. The molecule has 0 bridgehead atoms. The van der Waals surface area contributed by atoms with E-state index in [4.69, 9.17) is 16.3 Å². The molecule has 0 N–H and O–H groups in total. The fourth-order valence-corrected chi connectivity index (χ4v) is 5.79. The molecule has 0 aliphatic carbocycles. The average molecular weight is 504 g/mol. The smallest absolute Gasteiger partial charge is 0.416 e. The molecule has 2 aromatic carbocycles. The second-order valence-electron chi connectivity index (χ2n) is 7.60. The van der Waals surface area contributed by atoms with Crippen molar-refractivity contribution in [2.24, 2.45) is 5.18 Å². The SMILES string of the molecule is O=Nc1cc(C(F)(F)F)ccc1S(=O)(=O)N1CCC(N2C(=O)OCc3cc(Cl)ccc32)CC1. The predicted molar refractivity (Wildman–Crippen MR) is 113 cm³/mol. The Hall–Kier alpha value is -2.70. The molecule has 0 unspecified atom stereocenters. The molecule has 1 fully saturated rings. The maximum Gasteiger partial charge on any atom is 0.416 e. The van der Waals surface area contributed by atoms with Gasteiger partial charge in [0.1, 0.15) is 17.2 Å². The molecule has 0 spiro atoms. The first kappa shape index (κ1) is 23.5. The van der Waals surface area contributed by atoms with E-state index in [2.05, 4.69) is 5.18 Å². The van der Waals surface area contributed by atoms with Crippen LogP contribution in [0.5, 0.6) is 0 Å². The lowest BCUT2D eigenvalue weighted by atomic mass is 10.0. The van der Waals surface area contributed by atoms with Crippen molar-refractivity contribution in [1.29, 1.82) is 0 Å². The Balaban J connectivity index is 1.55.